The van der Waals surface area contributed by atoms with E-state index in [0.717, 1.165) is 0 Å². The fourth-order valence-corrected chi connectivity index (χ4v) is 4.81. The number of aromatic hydroxyl groups is 1. The SMILES string of the molecule is O=C1[C@@H]2[C@H]3C=C[C@@H]([C@@H]4C[C@@H]34)[C@@H]2C(=O)N1c1ccc(O)cc1. The molecule has 5 aliphatic rings. The maximum atomic E-state index is 12.8. The van der Waals surface area contributed by atoms with E-state index in [1.807, 2.05) is 0 Å². The Balaban J connectivity index is 1.58. The van der Waals surface area contributed by atoms with Crippen LogP contribution in [0.3, 0.4) is 0 Å². The fraction of sp³-hybridized carbons (Fsp3) is 0.412. The van der Waals surface area contributed by atoms with Gasteiger partial charge in [0.25, 0.3) is 0 Å². The van der Waals surface area contributed by atoms with Gasteiger partial charge in [-0.25, -0.2) is 0 Å². The number of carbonyl (C=O) groups excluding carboxylic acids is 2. The average Bonchev–Trinajstić information content (AvgIpc) is 3.26. The number of rotatable bonds is 1. The Morgan fingerprint density at radius 2 is 1.43 bits per heavy atom. The van der Waals surface area contributed by atoms with E-state index in [1.165, 1.54) is 23.5 Å². The molecule has 1 aromatic rings. The number of imide groups is 1. The van der Waals surface area contributed by atoms with Gasteiger partial charge in [0.2, 0.25) is 11.8 Å². The Kier molecular flexibility index (Phi) is 1.96. The summed E-state index contributed by atoms with van der Waals surface area (Å²) in [5.41, 5.74) is 0.574. The zero-order valence-corrected chi connectivity index (χ0v) is 11.3. The highest BCUT2D eigenvalue weighted by atomic mass is 16.3. The zero-order valence-electron chi connectivity index (χ0n) is 11.3. The lowest BCUT2D eigenvalue weighted by atomic mass is 9.63. The van der Waals surface area contributed by atoms with Crippen LogP contribution in [-0.4, -0.2) is 16.9 Å². The van der Waals surface area contributed by atoms with Crippen LogP contribution in [0.15, 0.2) is 36.4 Å². The number of phenols is 1. The quantitative estimate of drug-likeness (QED) is 0.632. The van der Waals surface area contributed by atoms with E-state index >= 15 is 0 Å². The first-order valence-electron chi connectivity index (χ1n) is 7.52. The highest BCUT2D eigenvalue weighted by molar-refractivity contribution is 6.22. The van der Waals surface area contributed by atoms with E-state index in [9.17, 15) is 14.7 Å². The Morgan fingerprint density at radius 1 is 0.905 bits per heavy atom. The summed E-state index contributed by atoms with van der Waals surface area (Å²) in [6.07, 6.45) is 5.52. The molecule has 106 valence electrons. The van der Waals surface area contributed by atoms with Crippen LogP contribution in [0.25, 0.3) is 0 Å². The van der Waals surface area contributed by atoms with Crippen molar-refractivity contribution in [1.29, 1.82) is 0 Å². The summed E-state index contributed by atoms with van der Waals surface area (Å²) >= 11 is 0. The van der Waals surface area contributed by atoms with Crippen LogP contribution >= 0.6 is 0 Å². The third kappa shape index (κ3) is 1.30. The summed E-state index contributed by atoms with van der Waals surface area (Å²) in [7, 11) is 0. The standard InChI is InChI=1S/C17H15NO3/c19-9-3-1-8(2-4-9)18-16(20)14-10-5-6-11(13-7-12(10)13)15(14)17(18)21/h1-6,10-15,19H,7H2/t10-,11-,12-,13-,14-,15+/m0/s1. The summed E-state index contributed by atoms with van der Waals surface area (Å²) in [4.78, 5) is 26.9. The molecule has 4 nitrogen and oxygen atoms in total. The van der Waals surface area contributed by atoms with Gasteiger partial charge in [0, 0.05) is 0 Å². The van der Waals surface area contributed by atoms with E-state index in [-0.39, 0.29) is 41.2 Å². The molecular formula is C17H15NO3. The molecule has 3 fully saturated rings. The highest BCUT2D eigenvalue weighted by Gasteiger charge is 2.67. The van der Waals surface area contributed by atoms with Crippen LogP contribution in [0.1, 0.15) is 6.42 Å². The Hall–Kier alpha value is -2.10. The molecule has 4 heteroatoms. The van der Waals surface area contributed by atoms with Crippen molar-refractivity contribution in [3.63, 3.8) is 0 Å². The van der Waals surface area contributed by atoms with Crippen LogP contribution in [0, 0.1) is 35.5 Å². The van der Waals surface area contributed by atoms with E-state index in [2.05, 4.69) is 12.2 Å². The first kappa shape index (κ1) is 11.5. The molecule has 4 aliphatic carbocycles. The number of hydrogen-bond donors (Lipinski definition) is 1. The van der Waals surface area contributed by atoms with Crippen molar-refractivity contribution in [3.8, 4) is 5.75 Å². The maximum absolute atomic E-state index is 12.8. The molecule has 0 aromatic heterocycles. The molecule has 1 heterocycles. The van der Waals surface area contributed by atoms with E-state index in [1.54, 1.807) is 12.1 Å². The lowest BCUT2D eigenvalue weighted by molar-refractivity contribution is -0.124. The molecule has 2 amide bonds. The second-order valence-electron chi connectivity index (χ2n) is 6.68. The third-order valence-electron chi connectivity index (χ3n) is 5.77. The molecule has 6 rings (SSSR count). The minimum Gasteiger partial charge on any atom is -0.508 e. The number of carbonyl (C=O) groups is 2. The number of allylic oxidation sites excluding steroid dienone is 2. The monoisotopic (exact) mass is 281 g/mol. The van der Waals surface area contributed by atoms with Crippen molar-refractivity contribution in [1.82, 2.24) is 0 Å². The molecule has 2 saturated carbocycles. The summed E-state index contributed by atoms with van der Waals surface area (Å²) in [5.74, 6) is 1.46. The van der Waals surface area contributed by atoms with Crippen molar-refractivity contribution in [2.45, 2.75) is 6.42 Å². The first-order chi connectivity index (χ1) is 10.2. The van der Waals surface area contributed by atoms with E-state index in [4.69, 9.17) is 0 Å². The predicted octanol–water partition coefficient (Wildman–Crippen LogP) is 1.95. The molecule has 0 spiro atoms. The Morgan fingerprint density at radius 3 is 1.95 bits per heavy atom. The van der Waals surface area contributed by atoms with Crippen molar-refractivity contribution in [2.75, 3.05) is 4.90 Å². The predicted molar refractivity (Wildman–Crippen MR) is 75.3 cm³/mol. The number of amides is 2. The normalized spacial score (nSPS) is 42.2. The second-order valence-corrected chi connectivity index (χ2v) is 6.68. The maximum Gasteiger partial charge on any atom is 0.238 e. The number of nitrogens with zero attached hydrogens (tertiary/aromatic N) is 1. The lowest BCUT2D eigenvalue weighted by Crippen LogP contribution is -2.40. The smallest absolute Gasteiger partial charge is 0.238 e. The van der Waals surface area contributed by atoms with Gasteiger partial charge in [-0.3, -0.25) is 14.5 Å². The average molecular weight is 281 g/mol. The van der Waals surface area contributed by atoms with Gasteiger partial charge in [-0.15, -0.1) is 0 Å². The number of hydrogen-bond acceptors (Lipinski definition) is 3. The van der Waals surface area contributed by atoms with Crippen molar-refractivity contribution < 1.29 is 14.7 Å². The van der Waals surface area contributed by atoms with Crippen molar-refractivity contribution in [3.05, 3.63) is 36.4 Å². The second kappa shape index (κ2) is 3.56. The van der Waals surface area contributed by atoms with E-state index in [0.29, 0.717) is 17.5 Å². The van der Waals surface area contributed by atoms with Gasteiger partial charge < -0.3 is 5.11 Å². The molecule has 6 atom stereocenters. The molecule has 1 N–H and O–H groups in total. The Bertz CT molecular complexity index is 656. The molecule has 1 aromatic carbocycles. The number of anilines is 1. The van der Waals surface area contributed by atoms with Gasteiger partial charge in [0.1, 0.15) is 5.75 Å². The topological polar surface area (TPSA) is 57.6 Å². The molecule has 1 saturated heterocycles. The Labute approximate surface area is 122 Å². The first-order valence-corrected chi connectivity index (χ1v) is 7.52. The molecule has 2 bridgehead atoms. The molecule has 21 heavy (non-hydrogen) atoms. The molecule has 1 aliphatic heterocycles. The minimum absolute atomic E-state index is 0.0552. The number of phenolic OH excluding ortho intramolecular Hbond substituents is 1. The van der Waals surface area contributed by atoms with Gasteiger partial charge in [-0.05, 0) is 54.4 Å². The van der Waals surface area contributed by atoms with Crippen LogP contribution in [0.2, 0.25) is 0 Å². The fourth-order valence-electron chi connectivity index (χ4n) is 4.81. The minimum atomic E-state index is -0.162. The summed E-state index contributed by atoms with van der Waals surface area (Å²) in [5, 5.41) is 9.37. The zero-order chi connectivity index (χ0) is 14.3. The van der Waals surface area contributed by atoms with Gasteiger partial charge in [0.15, 0.2) is 0 Å². The van der Waals surface area contributed by atoms with Crippen LogP contribution in [0.4, 0.5) is 5.69 Å². The number of benzene rings is 1. The van der Waals surface area contributed by atoms with Crippen molar-refractivity contribution in [2.24, 2.45) is 35.5 Å². The molecule has 0 radical (unpaired) electrons. The summed E-state index contributed by atoms with van der Waals surface area (Å²) in [6, 6.07) is 6.31. The van der Waals surface area contributed by atoms with E-state index < -0.39 is 0 Å². The van der Waals surface area contributed by atoms with Gasteiger partial charge in [-0.1, -0.05) is 12.2 Å². The van der Waals surface area contributed by atoms with Crippen LogP contribution < -0.4 is 4.90 Å². The summed E-state index contributed by atoms with van der Waals surface area (Å²) < 4.78 is 0. The largest absolute Gasteiger partial charge is 0.508 e. The molecule has 0 unspecified atom stereocenters. The van der Waals surface area contributed by atoms with Crippen LogP contribution in [-0.2, 0) is 9.59 Å². The van der Waals surface area contributed by atoms with Crippen molar-refractivity contribution >= 4 is 17.5 Å². The summed E-state index contributed by atoms with van der Waals surface area (Å²) in [6.45, 7) is 0. The van der Waals surface area contributed by atoms with Gasteiger partial charge >= 0.3 is 0 Å². The van der Waals surface area contributed by atoms with Crippen LogP contribution in [0.5, 0.6) is 5.75 Å². The highest BCUT2D eigenvalue weighted by Crippen LogP contribution is 2.65. The lowest BCUT2D eigenvalue weighted by Gasteiger charge is -2.37. The third-order valence-corrected chi connectivity index (χ3v) is 5.77. The van der Waals surface area contributed by atoms with Gasteiger partial charge in [-0.2, -0.15) is 0 Å². The molecular weight excluding hydrogens is 266 g/mol. The van der Waals surface area contributed by atoms with Gasteiger partial charge in [0.05, 0.1) is 17.5 Å².